The van der Waals surface area contributed by atoms with E-state index in [1.165, 1.54) is 18.2 Å². The summed E-state index contributed by atoms with van der Waals surface area (Å²) in [5, 5.41) is 40.6. The van der Waals surface area contributed by atoms with Gasteiger partial charge in [0.25, 0.3) is 0 Å². The van der Waals surface area contributed by atoms with Crippen molar-refractivity contribution in [3.63, 3.8) is 0 Å². The van der Waals surface area contributed by atoms with Crippen LogP contribution in [0.25, 0.3) is 6.08 Å². The average Bonchev–Trinajstić information content (AvgIpc) is 2.64. The molecule has 154 valence electrons. The van der Waals surface area contributed by atoms with E-state index in [-0.39, 0.29) is 23.7 Å². The molecule has 0 aromatic heterocycles. The van der Waals surface area contributed by atoms with Gasteiger partial charge < -0.3 is 29.9 Å². The molecule has 0 amide bonds. The van der Waals surface area contributed by atoms with E-state index >= 15 is 0 Å². The minimum atomic E-state index is -1.36. The zero-order chi connectivity index (χ0) is 20.8. The van der Waals surface area contributed by atoms with E-state index in [0.29, 0.717) is 17.9 Å². The number of benzene rings is 1. The second kappa shape index (κ2) is 9.73. The van der Waals surface area contributed by atoms with E-state index in [4.69, 9.17) is 9.47 Å². The van der Waals surface area contributed by atoms with Gasteiger partial charge in [-0.15, -0.1) is 0 Å². The normalized spacial score (nSPS) is 31.2. The number of cyclic esters (lactones) is 1. The number of aromatic hydroxyl groups is 1. The topological polar surface area (TPSA) is 116 Å². The maximum Gasteiger partial charge on any atom is 0.342 e. The maximum atomic E-state index is 12.7. The van der Waals surface area contributed by atoms with Gasteiger partial charge in [0, 0.05) is 12.0 Å². The van der Waals surface area contributed by atoms with E-state index in [1.54, 1.807) is 39.0 Å². The Balaban J connectivity index is 2.48. The number of carbonyl (C=O) groups is 1. The molecule has 0 saturated heterocycles. The number of rotatable bonds is 2. The zero-order valence-corrected chi connectivity index (χ0v) is 16.3. The molecule has 4 N–H and O–H groups in total. The largest absolute Gasteiger partial charge is 0.507 e. The summed E-state index contributed by atoms with van der Waals surface area (Å²) in [4.78, 5) is 12.7. The van der Waals surface area contributed by atoms with E-state index in [9.17, 15) is 25.2 Å². The summed E-state index contributed by atoms with van der Waals surface area (Å²) in [5.74, 6) is -0.840. The molecule has 1 aliphatic heterocycles. The lowest BCUT2D eigenvalue weighted by molar-refractivity contribution is -0.0395. The van der Waals surface area contributed by atoms with Crippen LogP contribution in [-0.2, 0) is 4.74 Å². The second-order valence-corrected chi connectivity index (χ2v) is 6.88. The number of carbonyl (C=O) groups excluding carboxylic acids is 1. The van der Waals surface area contributed by atoms with Crippen molar-refractivity contribution in [3.05, 3.63) is 41.5 Å². The average molecular weight is 392 g/mol. The minimum Gasteiger partial charge on any atom is -0.507 e. The number of fused-ring (bicyclic) bond motifs is 1. The molecule has 0 aliphatic carbocycles. The van der Waals surface area contributed by atoms with Gasteiger partial charge in [-0.2, -0.15) is 0 Å². The molecule has 1 aromatic carbocycles. The summed E-state index contributed by atoms with van der Waals surface area (Å²) >= 11 is 0. The van der Waals surface area contributed by atoms with E-state index in [2.05, 4.69) is 0 Å². The van der Waals surface area contributed by atoms with Crippen molar-refractivity contribution in [3.8, 4) is 11.5 Å². The zero-order valence-electron chi connectivity index (χ0n) is 16.3. The van der Waals surface area contributed by atoms with Crippen molar-refractivity contribution < 1.29 is 34.7 Å². The van der Waals surface area contributed by atoms with Gasteiger partial charge in [0.15, 0.2) is 0 Å². The van der Waals surface area contributed by atoms with Crippen molar-refractivity contribution in [1.29, 1.82) is 0 Å². The molecule has 1 unspecified atom stereocenters. The third kappa shape index (κ3) is 5.34. The molecule has 7 nitrogen and oxygen atoms in total. The summed E-state index contributed by atoms with van der Waals surface area (Å²) in [6, 6.07) is 2.94. The van der Waals surface area contributed by atoms with Gasteiger partial charge in [-0.1, -0.05) is 31.2 Å². The quantitative estimate of drug-likeness (QED) is 0.449. The lowest BCUT2D eigenvalue weighted by Gasteiger charge is -2.22. The molecule has 0 radical (unpaired) electrons. The minimum absolute atomic E-state index is 0.00475. The van der Waals surface area contributed by atoms with Gasteiger partial charge in [-0.3, -0.25) is 0 Å². The number of aliphatic hydroxyl groups excluding tert-OH is 3. The number of aliphatic hydroxyl groups is 3. The highest BCUT2D eigenvalue weighted by Crippen LogP contribution is 2.31. The summed E-state index contributed by atoms with van der Waals surface area (Å²) < 4.78 is 10.9. The fourth-order valence-corrected chi connectivity index (χ4v) is 2.82. The first-order chi connectivity index (χ1) is 13.2. The van der Waals surface area contributed by atoms with Crippen molar-refractivity contribution in [2.75, 3.05) is 6.61 Å². The van der Waals surface area contributed by atoms with Crippen LogP contribution in [-0.4, -0.2) is 57.4 Å². The first-order valence-electron chi connectivity index (χ1n) is 9.34. The summed E-state index contributed by atoms with van der Waals surface area (Å²) in [7, 11) is 0. The molecule has 5 atom stereocenters. The Kier molecular flexibility index (Phi) is 7.62. The summed E-state index contributed by atoms with van der Waals surface area (Å²) in [5.41, 5.74) is 0.359. The Hall–Kier alpha value is -2.35. The molecular weight excluding hydrogens is 364 g/mol. The lowest BCUT2D eigenvalue weighted by atomic mass is 9.99. The number of phenols is 1. The molecule has 0 saturated carbocycles. The molecule has 2 rings (SSSR count). The van der Waals surface area contributed by atoms with Crippen LogP contribution in [0.3, 0.4) is 0 Å². The number of esters is 1. The summed E-state index contributed by atoms with van der Waals surface area (Å²) in [6.45, 7) is 5.66. The standard InChI is InChI=1S/C21H28O7/c1-4-27-15-10-14-6-5-7-16(22)20(25)17(23)9-8-12(2)13(3)28-21(26)19(14)18(24)11-15/h5-6,8-13,16-17,20,22-25H,4,7H2,1-3H3/b6-5+,9-8-/t12-,13+,16+,17?,20+/m1/s1. The Morgan fingerprint density at radius 2 is 1.89 bits per heavy atom. The third-order valence-corrected chi connectivity index (χ3v) is 4.70. The first-order valence-corrected chi connectivity index (χ1v) is 9.34. The molecule has 0 fully saturated rings. The molecule has 0 bridgehead atoms. The lowest BCUT2D eigenvalue weighted by Crippen LogP contribution is -2.36. The SMILES string of the molecule is CCOc1cc(O)c2c(c1)/C=C/C[C@H](O)[C@H](O)C(O)/C=C\[C@@H](C)[C@H](C)OC2=O. The fourth-order valence-electron chi connectivity index (χ4n) is 2.82. The number of hydrogen-bond donors (Lipinski definition) is 4. The van der Waals surface area contributed by atoms with Crippen LogP contribution in [0.1, 0.15) is 43.1 Å². The van der Waals surface area contributed by atoms with E-state index < -0.39 is 30.4 Å². The molecule has 1 aromatic rings. The Labute approximate surface area is 164 Å². The maximum absolute atomic E-state index is 12.7. The smallest absolute Gasteiger partial charge is 0.342 e. The highest BCUT2D eigenvalue weighted by Gasteiger charge is 2.25. The third-order valence-electron chi connectivity index (χ3n) is 4.70. The van der Waals surface area contributed by atoms with Crippen LogP contribution in [0.4, 0.5) is 0 Å². The molecular formula is C21H28O7. The van der Waals surface area contributed by atoms with Gasteiger partial charge in [0.1, 0.15) is 35.4 Å². The Bertz CT molecular complexity index is 741. The van der Waals surface area contributed by atoms with Gasteiger partial charge >= 0.3 is 5.97 Å². The number of hydrogen-bond acceptors (Lipinski definition) is 7. The Morgan fingerprint density at radius 3 is 2.57 bits per heavy atom. The van der Waals surface area contributed by atoms with Crippen LogP contribution < -0.4 is 4.74 Å². The van der Waals surface area contributed by atoms with Gasteiger partial charge in [-0.25, -0.2) is 4.79 Å². The molecule has 1 heterocycles. The molecule has 0 spiro atoms. The van der Waals surface area contributed by atoms with Crippen molar-refractivity contribution in [2.24, 2.45) is 5.92 Å². The monoisotopic (exact) mass is 392 g/mol. The van der Waals surface area contributed by atoms with E-state index in [0.717, 1.165) is 0 Å². The van der Waals surface area contributed by atoms with E-state index in [1.807, 2.05) is 0 Å². The van der Waals surface area contributed by atoms with Gasteiger partial charge in [0.05, 0.1) is 12.7 Å². The van der Waals surface area contributed by atoms with Gasteiger partial charge in [0.2, 0.25) is 0 Å². The number of phenolic OH excluding ortho intramolecular Hbond substituents is 1. The molecule has 28 heavy (non-hydrogen) atoms. The van der Waals surface area contributed by atoms with Crippen LogP contribution in [0.2, 0.25) is 0 Å². The Morgan fingerprint density at radius 1 is 1.18 bits per heavy atom. The molecule has 7 heteroatoms. The van der Waals surface area contributed by atoms with Crippen molar-refractivity contribution in [2.45, 2.75) is 51.6 Å². The van der Waals surface area contributed by atoms with Crippen LogP contribution in [0.15, 0.2) is 30.4 Å². The number of ether oxygens (including phenoxy) is 2. The highest BCUT2D eigenvalue weighted by atomic mass is 16.5. The predicted octanol–water partition coefficient (Wildman–Crippen LogP) is 2.03. The van der Waals surface area contributed by atoms with Crippen molar-refractivity contribution in [1.82, 2.24) is 0 Å². The second-order valence-electron chi connectivity index (χ2n) is 6.88. The van der Waals surface area contributed by atoms with Crippen LogP contribution in [0.5, 0.6) is 11.5 Å². The van der Waals surface area contributed by atoms with Crippen LogP contribution >= 0.6 is 0 Å². The molecule has 1 aliphatic rings. The predicted molar refractivity (Wildman–Crippen MR) is 104 cm³/mol. The highest BCUT2D eigenvalue weighted by molar-refractivity contribution is 5.97. The van der Waals surface area contributed by atoms with Crippen molar-refractivity contribution >= 4 is 12.0 Å². The van der Waals surface area contributed by atoms with Gasteiger partial charge in [-0.05, 0) is 31.9 Å². The first kappa shape index (κ1) is 21.9. The van der Waals surface area contributed by atoms with Crippen LogP contribution in [0, 0.1) is 5.92 Å². The fraction of sp³-hybridized carbons (Fsp3) is 0.476. The summed E-state index contributed by atoms with van der Waals surface area (Å²) in [6.07, 6.45) is 1.73.